The molecule has 3 unspecified atom stereocenters. The molecule has 1 N–H and O–H groups in total. The number of halogens is 2. The van der Waals surface area contributed by atoms with E-state index in [-0.39, 0.29) is 28.4 Å². The molecule has 2 aromatic carbocycles. The van der Waals surface area contributed by atoms with E-state index < -0.39 is 11.2 Å². The molecule has 0 saturated carbocycles. The highest BCUT2D eigenvalue weighted by Crippen LogP contribution is 2.34. The van der Waals surface area contributed by atoms with Crippen LogP contribution in [0.2, 0.25) is 5.02 Å². The van der Waals surface area contributed by atoms with E-state index in [1.54, 1.807) is 11.0 Å². The smallest absolute Gasteiger partial charge is 0.258 e. The quantitative estimate of drug-likeness (QED) is 0.640. The third-order valence-electron chi connectivity index (χ3n) is 6.95. The first-order chi connectivity index (χ1) is 16.1. The van der Waals surface area contributed by atoms with Crippen LogP contribution in [0.25, 0.3) is 0 Å². The Morgan fingerprint density at radius 3 is 2.26 bits per heavy atom. The first-order valence-corrected chi connectivity index (χ1v) is 12.3. The molecule has 4 rings (SSSR count). The summed E-state index contributed by atoms with van der Waals surface area (Å²) in [5.74, 6) is -0.109. The minimum absolute atomic E-state index is 0.0266. The van der Waals surface area contributed by atoms with Gasteiger partial charge in [0.25, 0.3) is 5.91 Å². The van der Waals surface area contributed by atoms with Crippen molar-refractivity contribution < 1.29 is 14.0 Å². The van der Waals surface area contributed by atoms with E-state index in [4.69, 9.17) is 11.6 Å². The van der Waals surface area contributed by atoms with Gasteiger partial charge in [-0.05, 0) is 36.0 Å². The van der Waals surface area contributed by atoms with Gasteiger partial charge in [0.05, 0.1) is 16.6 Å². The zero-order chi connectivity index (χ0) is 24.5. The molecular formula is C27H33ClFN3O2. The fraction of sp³-hybridized carbons (Fsp3) is 0.481. The summed E-state index contributed by atoms with van der Waals surface area (Å²) in [7, 11) is 0. The third-order valence-corrected chi connectivity index (χ3v) is 7.26. The van der Waals surface area contributed by atoms with Crippen LogP contribution in [0.4, 0.5) is 4.39 Å². The van der Waals surface area contributed by atoms with Crippen molar-refractivity contribution in [3.63, 3.8) is 0 Å². The van der Waals surface area contributed by atoms with Crippen LogP contribution in [0, 0.1) is 23.1 Å². The molecule has 182 valence electrons. The molecule has 0 aromatic heterocycles. The van der Waals surface area contributed by atoms with Gasteiger partial charge in [-0.3, -0.25) is 9.59 Å². The van der Waals surface area contributed by atoms with Crippen LogP contribution in [0.3, 0.4) is 0 Å². The van der Waals surface area contributed by atoms with E-state index >= 15 is 0 Å². The summed E-state index contributed by atoms with van der Waals surface area (Å²) in [5, 5.41) is 3.39. The normalized spacial score (nSPS) is 21.4. The van der Waals surface area contributed by atoms with Crippen LogP contribution in [0.1, 0.15) is 49.2 Å². The SMILES string of the molecule is CC(C)(C)C(=O)NC(CCN1CC2CN(C(=O)c3c(F)cccc3Cl)CC2C1)c1ccccc1. The van der Waals surface area contributed by atoms with Gasteiger partial charge < -0.3 is 15.1 Å². The Labute approximate surface area is 206 Å². The number of nitrogens with one attached hydrogen (secondary N) is 1. The topological polar surface area (TPSA) is 52.7 Å². The molecule has 34 heavy (non-hydrogen) atoms. The molecule has 2 aliphatic heterocycles. The number of amides is 2. The zero-order valence-electron chi connectivity index (χ0n) is 20.1. The van der Waals surface area contributed by atoms with Gasteiger partial charge in [0.15, 0.2) is 0 Å². The molecule has 2 aliphatic rings. The number of carbonyl (C=O) groups excluding carboxylic acids is 2. The fourth-order valence-electron chi connectivity index (χ4n) is 4.99. The molecule has 2 fully saturated rings. The average molecular weight is 486 g/mol. The molecular weight excluding hydrogens is 453 g/mol. The van der Waals surface area contributed by atoms with Crippen LogP contribution in [0.5, 0.6) is 0 Å². The van der Waals surface area contributed by atoms with Crippen LogP contribution >= 0.6 is 11.6 Å². The number of hydrogen-bond donors (Lipinski definition) is 1. The van der Waals surface area contributed by atoms with E-state index in [1.807, 2.05) is 39.0 Å². The lowest BCUT2D eigenvalue weighted by molar-refractivity contribution is -0.129. The predicted octanol–water partition coefficient (Wildman–Crippen LogP) is 4.78. The highest BCUT2D eigenvalue weighted by molar-refractivity contribution is 6.33. The monoisotopic (exact) mass is 485 g/mol. The lowest BCUT2D eigenvalue weighted by Crippen LogP contribution is -2.39. The molecule has 2 saturated heterocycles. The van der Waals surface area contributed by atoms with Crippen molar-refractivity contribution in [2.45, 2.75) is 33.2 Å². The van der Waals surface area contributed by atoms with E-state index in [9.17, 15) is 14.0 Å². The minimum atomic E-state index is -0.569. The zero-order valence-corrected chi connectivity index (χ0v) is 20.8. The van der Waals surface area contributed by atoms with Gasteiger partial charge in [0.1, 0.15) is 5.82 Å². The van der Waals surface area contributed by atoms with Crippen molar-refractivity contribution in [3.8, 4) is 0 Å². The van der Waals surface area contributed by atoms with Gasteiger partial charge >= 0.3 is 0 Å². The summed E-state index contributed by atoms with van der Waals surface area (Å²) in [4.78, 5) is 29.7. The van der Waals surface area contributed by atoms with E-state index in [1.165, 1.54) is 12.1 Å². The Kier molecular flexibility index (Phi) is 7.29. The van der Waals surface area contributed by atoms with Crippen molar-refractivity contribution >= 4 is 23.4 Å². The number of likely N-dealkylation sites (tertiary alicyclic amines) is 2. The van der Waals surface area contributed by atoms with Gasteiger partial charge in [-0.15, -0.1) is 0 Å². The molecule has 7 heteroatoms. The number of hydrogen-bond acceptors (Lipinski definition) is 3. The molecule has 3 atom stereocenters. The Hall–Kier alpha value is -2.44. The first-order valence-electron chi connectivity index (χ1n) is 11.9. The lowest BCUT2D eigenvalue weighted by Gasteiger charge is -2.27. The Morgan fingerprint density at radius 2 is 1.68 bits per heavy atom. The molecule has 0 aliphatic carbocycles. The number of nitrogens with zero attached hydrogens (tertiary/aromatic N) is 2. The number of carbonyl (C=O) groups is 2. The van der Waals surface area contributed by atoms with Gasteiger partial charge in [-0.2, -0.15) is 0 Å². The van der Waals surface area contributed by atoms with Gasteiger partial charge in [0, 0.05) is 38.1 Å². The van der Waals surface area contributed by atoms with Crippen molar-refractivity contribution in [2.75, 3.05) is 32.7 Å². The molecule has 0 radical (unpaired) electrons. The predicted molar refractivity (Wildman–Crippen MR) is 132 cm³/mol. The third kappa shape index (κ3) is 5.44. The van der Waals surface area contributed by atoms with Gasteiger partial charge in [0.2, 0.25) is 5.91 Å². The van der Waals surface area contributed by atoms with Crippen LogP contribution in [-0.4, -0.2) is 54.3 Å². The van der Waals surface area contributed by atoms with E-state index in [0.29, 0.717) is 24.9 Å². The van der Waals surface area contributed by atoms with E-state index in [0.717, 1.165) is 31.6 Å². The van der Waals surface area contributed by atoms with Gasteiger partial charge in [-0.1, -0.05) is 68.8 Å². The second-order valence-electron chi connectivity index (χ2n) is 10.6. The summed E-state index contributed by atoms with van der Waals surface area (Å²) in [5.41, 5.74) is 0.633. The average Bonchev–Trinajstić information content (AvgIpc) is 3.35. The van der Waals surface area contributed by atoms with Crippen molar-refractivity contribution in [1.29, 1.82) is 0 Å². The van der Waals surface area contributed by atoms with E-state index in [2.05, 4.69) is 22.3 Å². The standard InChI is InChI=1S/C27H33ClFN3O2/c1-27(2,3)26(34)30-23(18-8-5-4-6-9-18)12-13-31-14-19-16-32(17-20(19)15-31)25(33)24-21(28)10-7-11-22(24)29/h4-11,19-20,23H,12-17H2,1-3H3,(H,30,34). The second kappa shape index (κ2) is 10.0. The lowest BCUT2D eigenvalue weighted by atomic mass is 9.94. The van der Waals surface area contributed by atoms with Crippen molar-refractivity contribution in [1.82, 2.24) is 15.1 Å². The number of benzene rings is 2. The molecule has 2 amide bonds. The fourth-order valence-corrected chi connectivity index (χ4v) is 5.24. The summed E-state index contributed by atoms with van der Waals surface area (Å²) in [6, 6.07) is 14.4. The minimum Gasteiger partial charge on any atom is -0.349 e. The second-order valence-corrected chi connectivity index (χ2v) is 11.0. The molecule has 2 aromatic rings. The van der Waals surface area contributed by atoms with Crippen molar-refractivity contribution in [3.05, 3.63) is 70.5 Å². The molecule has 2 heterocycles. The van der Waals surface area contributed by atoms with Crippen molar-refractivity contribution in [2.24, 2.45) is 17.3 Å². The maximum absolute atomic E-state index is 14.2. The molecule has 5 nitrogen and oxygen atoms in total. The van der Waals surface area contributed by atoms with Crippen LogP contribution in [-0.2, 0) is 4.79 Å². The first kappa shape index (κ1) is 24.7. The summed E-state index contributed by atoms with van der Waals surface area (Å²) in [6.07, 6.45) is 0.818. The highest BCUT2D eigenvalue weighted by atomic mass is 35.5. The summed E-state index contributed by atoms with van der Waals surface area (Å²) >= 11 is 6.11. The maximum Gasteiger partial charge on any atom is 0.258 e. The molecule has 0 spiro atoms. The maximum atomic E-state index is 14.2. The summed E-state index contributed by atoms with van der Waals surface area (Å²) in [6.45, 7) is 9.67. The number of rotatable bonds is 6. The highest BCUT2D eigenvalue weighted by Gasteiger charge is 2.42. The van der Waals surface area contributed by atoms with Crippen LogP contribution in [0.15, 0.2) is 48.5 Å². The Bertz CT molecular complexity index is 1010. The van der Waals surface area contributed by atoms with Crippen LogP contribution < -0.4 is 5.32 Å². The number of fused-ring (bicyclic) bond motifs is 1. The largest absolute Gasteiger partial charge is 0.349 e. The Balaban J connectivity index is 1.34. The van der Waals surface area contributed by atoms with Gasteiger partial charge in [-0.25, -0.2) is 4.39 Å². The summed E-state index contributed by atoms with van der Waals surface area (Å²) < 4.78 is 14.2. The molecule has 0 bridgehead atoms. The Morgan fingerprint density at radius 1 is 1.03 bits per heavy atom.